The Balaban J connectivity index is 2.89. The van der Waals surface area contributed by atoms with Crippen LogP contribution in [0.3, 0.4) is 0 Å². The summed E-state index contributed by atoms with van der Waals surface area (Å²) in [7, 11) is 0. The minimum Gasteiger partial charge on any atom is -0.360 e. The monoisotopic (exact) mass is 205 g/mol. The van der Waals surface area contributed by atoms with Crippen molar-refractivity contribution in [1.82, 2.24) is 0 Å². The average Bonchev–Trinajstić information content (AvgIpc) is 1.96. The van der Waals surface area contributed by atoms with E-state index in [4.69, 9.17) is 17.3 Å². The lowest BCUT2D eigenvalue weighted by atomic mass is 10.3. The smallest absolute Gasteiger partial charge is 0.281 e. The van der Waals surface area contributed by atoms with Crippen LogP contribution in [0.2, 0.25) is 5.02 Å². The van der Waals surface area contributed by atoms with Crippen LogP contribution in [0.5, 0.6) is 0 Å². The number of primary amides is 1. The van der Waals surface area contributed by atoms with Crippen molar-refractivity contribution >= 4 is 28.6 Å². The van der Waals surface area contributed by atoms with Crippen LogP contribution < -0.4 is 5.73 Å². The zero-order valence-corrected chi connectivity index (χ0v) is 7.45. The first-order chi connectivity index (χ1) is 5.59. The summed E-state index contributed by atoms with van der Waals surface area (Å²) >= 11 is 6.27. The fourth-order valence-corrected chi connectivity index (χ4v) is 1.45. The fraction of sp³-hybridized carbons (Fsp3) is 0. The number of hydrogen-bond acceptors (Lipinski definition) is 2. The molecule has 64 valence electrons. The van der Waals surface area contributed by atoms with Gasteiger partial charge < -0.3 is 5.73 Å². The third-order valence-corrected chi connectivity index (χ3v) is 2.09. The highest BCUT2D eigenvalue weighted by Gasteiger charge is 2.03. The van der Waals surface area contributed by atoms with Gasteiger partial charge in [-0.3, -0.25) is 4.79 Å². The molecule has 0 heterocycles. The highest BCUT2D eigenvalue weighted by Crippen LogP contribution is 2.23. The standard InChI is InChI=1S/C7H5ClFNOS/c8-5-3-4(12-7(10)11)1-2-6(5)9/h1-3H,(H2,10,11). The molecule has 0 aromatic heterocycles. The molecule has 0 radical (unpaired) electrons. The molecular formula is C7H5ClFNOS. The maximum atomic E-state index is 12.6. The molecule has 1 aromatic carbocycles. The Morgan fingerprint density at radius 2 is 2.25 bits per heavy atom. The van der Waals surface area contributed by atoms with Gasteiger partial charge in [-0.05, 0) is 30.0 Å². The van der Waals surface area contributed by atoms with Gasteiger partial charge in [-0.1, -0.05) is 11.6 Å². The molecule has 5 heteroatoms. The Kier molecular flexibility index (Phi) is 2.94. The normalized spacial score (nSPS) is 9.83. The minimum absolute atomic E-state index is 0.0127. The molecule has 0 atom stereocenters. The van der Waals surface area contributed by atoms with Gasteiger partial charge in [0.1, 0.15) is 5.82 Å². The van der Waals surface area contributed by atoms with E-state index in [1.54, 1.807) is 0 Å². The SMILES string of the molecule is NC(=O)Sc1ccc(F)c(Cl)c1. The first kappa shape index (κ1) is 9.35. The van der Waals surface area contributed by atoms with Gasteiger partial charge in [0.05, 0.1) is 5.02 Å². The highest BCUT2D eigenvalue weighted by molar-refractivity contribution is 8.13. The van der Waals surface area contributed by atoms with E-state index in [1.165, 1.54) is 18.2 Å². The van der Waals surface area contributed by atoms with E-state index in [0.29, 0.717) is 4.90 Å². The number of thioether (sulfide) groups is 1. The molecule has 0 unspecified atom stereocenters. The molecule has 2 nitrogen and oxygen atoms in total. The highest BCUT2D eigenvalue weighted by atomic mass is 35.5. The lowest BCUT2D eigenvalue weighted by molar-refractivity contribution is 0.267. The molecule has 0 saturated heterocycles. The molecule has 0 aliphatic carbocycles. The number of carbonyl (C=O) groups excluding carboxylic acids is 1. The number of carbonyl (C=O) groups is 1. The largest absolute Gasteiger partial charge is 0.360 e. The van der Waals surface area contributed by atoms with Gasteiger partial charge in [0.25, 0.3) is 5.24 Å². The van der Waals surface area contributed by atoms with E-state index < -0.39 is 11.1 Å². The summed E-state index contributed by atoms with van der Waals surface area (Å²) in [6.45, 7) is 0. The molecular weight excluding hydrogens is 201 g/mol. The van der Waals surface area contributed by atoms with Crippen molar-refractivity contribution in [3.05, 3.63) is 29.0 Å². The molecule has 2 N–H and O–H groups in total. The molecule has 0 aliphatic rings. The maximum Gasteiger partial charge on any atom is 0.281 e. The number of halogens is 2. The number of hydrogen-bond donors (Lipinski definition) is 1. The van der Waals surface area contributed by atoms with Crippen molar-refractivity contribution in [2.75, 3.05) is 0 Å². The van der Waals surface area contributed by atoms with Gasteiger partial charge in [0.15, 0.2) is 0 Å². The number of nitrogens with two attached hydrogens (primary N) is 1. The predicted molar refractivity (Wildman–Crippen MR) is 46.9 cm³/mol. The predicted octanol–water partition coefficient (Wildman–Crippen LogP) is 2.65. The van der Waals surface area contributed by atoms with E-state index in [-0.39, 0.29) is 5.02 Å². The van der Waals surface area contributed by atoms with Gasteiger partial charge >= 0.3 is 0 Å². The number of rotatable bonds is 1. The average molecular weight is 206 g/mol. The van der Waals surface area contributed by atoms with Gasteiger partial charge in [0.2, 0.25) is 0 Å². The Morgan fingerprint density at radius 1 is 1.58 bits per heavy atom. The lowest BCUT2D eigenvalue weighted by Gasteiger charge is -1.97. The zero-order valence-electron chi connectivity index (χ0n) is 5.88. The first-order valence-electron chi connectivity index (χ1n) is 3.02. The molecule has 0 aliphatic heterocycles. The summed E-state index contributed by atoms with van der Waals surface area (Å²) in [6, 6.07) is 3.98. The summed E-state index contributed by atoms with van der Waals surface area (Å²) in [5, 5.41) is -0.557. The maximum absolute atomic E-state index is 12.6. The molecule has 0 saturated carbocycles. The Bertz CT molecular complexity index is 318. The van der Waals surface area contributed by atoms with Crippen LogP contribution in [-0.2, 0) is 0 Å². The van der Waals surface area contributed by atoms with E-state index in [9.17, 15) is 9.18 Å². The van der Waals surface area contributed by atoms with Crippen LogP contribution in [0.15, 0.2) is 23.1 Å². The van der Waals surface area contributed by atoms with Gasteiger partial charge in [-0.25, -0.2) is 4.39 Å². The van der Waals surface area contributed by atoms with Crippen LogP contribution in [-0.4, -0.2) is 5.24 Å². The van der Waals surface area contributed by atoms with Crippen LogP contribution in [0.25, 0.3) is 0 Å². The summed E-state index contributed by atoms with van der Waals surface area (Å²) in [4.78, 5) is 10.9. The molecule has 1 rings (SSSR count). The van der Waals surface area contributed by atoms with Gasteiger partial charge in [-0.15, -0.1) is 0 Å². The van der Waals surface area contributed by atoms with Gasteiger partial charge in [-0.2, -0.15) is 0 Å². The van der Waals surface area contributed by atoms with E-state index in [0.717, 1.165) is 11.8 Å². The van der Waals surface area contributed by atoms with Gasteiger partial charge in [0, 0.05) is 4.90 Å². The second-order valence-electron chi connectivity index (χ2n) is 2.00. The summed E-state index contributed by atoms with van der Waals surface area (Å²) in [5.41, 5.74) is 4.90. The van der Waals surface area contributed by atoms with E-state index in [2.05, 4.69) is 0 Å². The summed E-state index contributed by atoms with van der Waals surface area (Å²) < 4.78 is 12.6. The third-order valence-electron chi connectivity index (χ3n) is 1.11. The molecule has 12 heavy (non-hydrogen) atoms. The van der Waals surface area contributed by atoms with E-state index in [1.807, 2.05) is 0 Å². The quantitative estimate of drug-likeness (QED) is 0.717. The Morgan fingerprint density at radius 3 is 2.75 bits per heavy atom. The third kappa shape index (κ3) is 2.39. The van der Waals surface area contributed by atoms with Crippen molar-refractivity contribution in [3.8, 4) is 0 Å². The minimum atomic E-state index is -0.544. The van der Waals surface area contributed by atoms with Crippen LogP contribution in [0, 0.1) is 5.82 Å². The summed E-state index contributed by atoms with van der Waals surface area (Å²) in [6.07, 6.45) is 0. The zero-order chi connectivity index (χ0) is 9.14. The molecule has 0 fully saturated rings. The molecule has 0 spiro atoms. The second kappa shape index (κ2) is 3.78. The fourth-order valence-electron chi connectivity index (χ4n) is 0.656. The van der Waals surface area contributed by atoms with Crippen LogP contribution in [0.4, 0.5) is 9.18 Å². The van der Waals surface area contributed by atoms with Crippen molar-refractivity contribution in [3.63, 3.8) is 0 Å². The molecule has 0 bridgehead atoms. The lowest BCUT2D eigenvalue weighted by Crippen LogP contribution is -2.01. The van der Waals surface area contributed by atoms with E-state index >= 15 is 0 Å². The second-order valence-corrected chi connectivity index (χ2v) is 3.48. The van der Waals surface area contributed by atoms with Crippen molar-refractivity contribution in [1.29, 1.82) is 0 Å². The van der Waals surface area contributed by atoms with Crippen molar-refractivity contribution in [2.24, 2.45) is 5.73 Å². The van der Waals surface area contributed by atoms with Crippen molar-refractivity contribution < 1.29 is 9.18 Å². The topological polar surface area (TPSA) is 43.1 Å². The summed E-state index contributed by atoms with van der Waals surface area (Å²) in [5.74, 6) is -0.509. The first-order valence-corrected chi connectivity index (χ1v) is 4.21. The molecule has 1 amide bonds. The van der Waals surface area contributed by atoms with Crippen molar-refractivity contribution in [2.45, 2.75) is 4.90 Å². The Hall–Kier alpha value is -0.740. The number of amides is 1. The Labute approximate surface area is 77.9 Å². The number of benzene rings is 1. The van der Waals surface area contributed by atoms with Crippen LogP contribution >= 0.6 is 23.4 Å². The van der Waals surface area contributed by atoms with Crippen LogP contribution in [0.1, 0.15) is 0 Å². The molecule has 1 aromatic rings.